The van der Waals surface area contributed by atoms with Crippen molar-refractivity contribution in [1.29, 1.82) is 0 Å². The van der Waals surface area contributed by atoms with E-state index in [1.54, 1.807) is 7.11 Å². The Balaban J connectivity index is 1.85. The van der Waals surface area contributed by atoms with Crippen LogP contribution in [0.3, 0.4) is 0 Å². The normalized spacial score (nSPS) is 17.9. The standard InChI is InChI=1S/C17H16N2OS/c1-20-14-9-7-13(8-10-14)16-11-15(18-17(21)19-16)12-5-3-2-4-6-12/h2-10,16H,11H2,1H3,(H,19,21)/t16-/m0/s1. The molecule has 0 aliphatic carbocycles. The molecule has 0 spiro atoms. The van der Waals surface area contributed by atoms with Gasteiger partial charge in [-0.2, -0.15) is 0 Å². The second kappa shape index (κ2) is 6.06. The van der Waals surface area contributed by atoms with E-state index in [-0.39, 0.29) is 6.04 Å². The molecule has 0 aromatic heterocycles. The quantitative estimate of drug-likeness (QED) is 0.880. The van der Waals surface area contributed by atoms with Crippen LogP contribution in [-0.2, 0) is 0 Å². The van der Waals surface area contributed by atoms with E-state index in [0.717, 1.165) is 23.4 Å². The highest BCUT2D eigenvalue weighted by molar-refractivity contribution is 7.80. The summed E-state index contributed by atoms with van der Waals surface area (Å²) >= 11 is 5.29. The van der Waals surface area contributed by atoms with Crippen molar-refractivity contribution in [3.63, 3.8) is 0 Å². The number of hydrogen-bond donors (Lipinski definition) is 1. The van der Waals surface area contributed by atoms with Crippen molar-refractivity contribution in [3.8, 4) is 5.75 Å². The van der Waals surface area contributed by atoms with Gasteiger partial charge in [0.2, 0.25) is 0 Å². The second-order valence-corrected chi connectivity index (χ2v) is 5.29. The van der Waals surface area contributed by atoms with Crippen LogP contribution >= 0.6 is 12.2 Å². The Bertz CT molecular complexity index is 665. The van der Waals surface area contributed by atoms with E-state index in [9.17, 15) is 0 Å². The van der Waals surface area contributed by atoms with Gasteiger partial charge < -0.3 is 10.1 Å². The van der Waals surface area contributed by atoms with Gasteiger partial charge in [-0.25, -0.2) is 4.99 Å². The van der Waals surface area contributed by atoms with Gasteiger partial charge in [-0.15, -0.1) is 0 Å². The van der Waals surface area contributed by atoms with Crippen LogP contribution in [0.1, 0.15) is 23.6 Å². The molecule has 2 aromatic carbocycles. The lowest BCUT2D eigenvalue weighted by molar-refractivity contribution is 0.414. The van der Waals surface area contributed by atoms with Crippen LogP contribution in [0.15, 0.2) is 59.6 Å². The number of rotatable bonds is 3. The van der Waals surface area contributed by atoms with Gasteiger partial charge in [0.15, 0.2) is 5.11 Å². The predicted molar refractivity (Wildman–Crippen MR) is 89.1 cm³/mol. The fourth-order valence-electron chi connectivity index (χ4n) is 2.44. The maximum Gasteiger partial charge on any atom is 0.193 e. The highest BCUT2D eigenvalue weighted by Gasteiger charge is 2.21. The van der Waals surface area contributed by atoms with E-state index in [1.165, 1.54) is 5.56 Å². The third-order valence-electron chi connectivity index (χ3n) is 3.56. The molecule has 0 bridgehead atoms. The molecular weight excluding hydrogens is 280 g/mol. The van der Waals surface area contributed by atoms with Gasteiger partial charge >= 0.3 is 0 Å². The van der Waals surface area contributed by atoms with Gasteiger partial charge in [0.05, 0.1) is 18.9 Å². The number of nitrogens with one attached hydrogen (secondary N) is 1. The minimum absolute atomic E-state index is 0.149. The highest BCUT2D eigenvalue weighted by atomic mass is 32.1. The van der Waals surface area contributed by atoms with Crippen molar-refractivity contribution < 1.29 is 4.74 Å². The van der Waals surface area contributed by atoms with E-state index in [4.69, 9.17) is 17.0 Å². The van der Waals surface area contributed by atoms with Gasteiger partial charge in [0.1, 0.15) is 5.75 Å². The van der Waals surface area contributed by atoms with Crippen LogP contribution in [0, 0.1) is 0 Å². The van der Waals surface area contributed by atoms with E-state index in [0.29, 0.717) is 5.11 Å². The average molecular weight is 296 g/mol. The summed E-state index contributed by atoms with van der Waals surface area (Å²) in [6.07, 6.45) is 0.816. The zero-order valence-electron chi connectivity index (χ0n) is 11.7. The van der Waals surface area contributed by atoms with Crippen LogP contribution in [-0.4, -0.2) is 17.9 Å². The molecule has 106 valence electrons. The fraction of sp³-hybridized carbons (Fsp3) is 0.176. The van der Waals surface area contributed by atoms with E-state index >= 15 is 0 Å². The van der Waals surface area contributed by atoms with Crippen LogP contribution in [0.25, 0.3) is 0 Å². The first-order valence-electron chi connectivity index (χ1n) is 6.83. The summed E-state index contributed by atoms with van der Waals surface area (Å²) in [5.41, 5.74) is 3.33. The molecular formula is C17H16N2OS. The lowest BCUT2D eigenvalue weighted by Gasteiger charge is -2.25. The zero-order chi connectivity index (χ0) is 14.7. The molecule has 0 saturated heterocycles. The molecule has 1 aliphatic heterocycles. The number of aliphatic imine (C=N–C) groups is 1. The largest absolute Gasteiger partial charge is 0.497 e. The Morgan fingerprint density at radius 3 is 2.48 bits per heavy atom. The Morgan fingerprint density at radius 2 is 1.81 bits per heavy atom. The molecule has 0 unspecified atom stereocenters. The molecule has 0 fully saturated rings. The SMILES string of the molecule is COc1ccc([C@@H]2CC(c3ccccc3)=NC(=S)N2)cc1. The Labute approximate surface area is 129 Å². The average Bonchev–Trinajstić information content (AvgIpc) is 2.55. The summed E-state index contributed by atoms with van der Waals surface area (Å²) in [6, 6.07) is 18.4. The summed E-state index contributed by atoms with van der Waals surface area (Å²) in [4.78, 5) is 4.47. The minimum Gasteiger partial charge on any atom is -0.497 e. The Hall–Kier alpha value is -2.20. The van der Waals surface area contributed by atoms with E-state index in [1.807, 2.05) is 30.3 Å². The van der Waals surface area contributed by atoms with Gasteiger partial charge in [-0.3, -0.25) is 0 Å². The lowest BCUT2D eigenvalue weighted by atomic mass is 9.96. The first-order valence-corrected chi connectivity index (χ1v) is 7.24. The van der Waals surface area contributed by atoms with Crippen LogP contribution in [0.4, 0.5) is 0 Å². The van der Waals surface area contributed by atoms with Gasteiger partial charge in [0.25, 0.3) is 0 Å². The summed E-state index contributed by atoms with van der Waals surface area (Å²) in [5, 5.41) is 3.82. The second-order valence-electron chi connectivity index (χ2n) is 4.90. The van der Waals surface area contributed by atoms with Gasteiger partial charge in [-0.05, 0) is 35.5 Å². The van der Waals surface area contributed by atoms with Crippen LogP contribution in [0.2, 0.25) is 0 Å². The van der Waals surface area contributed by atoms with Gasteiger partial charge in [0, 0.05) is 6.42 Å². The minimum atomic E-state index is 0.149. The molecule has 1 N–H and O–H groups in total. The first kappa shape index (κ1) is 13.8. The summed E-state index contributed by atoms with van der Waals surface area (Å²) in [7, 11) is 1.67. The first-order chi connectivity index (χ1) is 10.3. The lowest BCUT2D eigenvalue weighted by Crippen LogP contribution is -2.33. The van der Waals surface area contributed by atoms with Crippen LogP contribution in [0.5, 0.6) is 5.75 Å². The van der Waals surface area contributed by atoms with Crippen molar-refractivity contribution in [2.45, 2.75) is 12.5 Å². The maximum atomic E-state index is 5.29. The van der Waals surface area contributed by atoms with Crippen molar-refractivity contribution in [2.75, 3.05) is 7.11 Å². The Morgan fingerprint density at radius 1 is 1.10 bits per heavy atom. The van der Waals surface area contributed by atoms with Crippen molar-refractivity contribution in [1.82, 2.24) is 5.32 Å². The number of thiocarbonyl (C=S) groups is 1. The maximum absolute atomic E-state index is 5.29. The summed E-state index contributed by atoms with van der Waals surface area (Å²) < 4.78 is 5.20. The molecule has 4 heteroatoms. The molecule has 2 aromatic rings. The highest BCUT2D eigenvalue weighted by Crippen LogP contribution is 2.25. The third kappa shape index (κ3) is 3.11. The number of methoxy groups -OCH3 is 1. The van der Waals surface area contributed by atoms with Crippen molar-refractivity contribution in [2.24, 2.45) is 4.99 Å². The smallest absolute Gasteiger partial charge is 0.193 e. The van der Waals surface area contributed by atoms with Gasteiger partial charge in [-0.1, -0.05) is 42.5 Å². The molecule has 3 rings (SSSR count). The summed E-state index contributed by atoms with van der Waals surface area (Å²) in [6.45, 7) is 0. The van der Waals surface area contributed by atoms with Crippen molar-refractivity contribution >= 4 is 23.0 Å². The molecule has 0 saturated carbocycles. The summed E-state index contributed by atoms with van der Waals surface area (Å²) in [5.74, 6) is 0.856. The molecule has 1 aliphatic rings. The number of benzene rings is 2. The molecule has 3 nitrogen and oxygen atoms in total. The number of hydrogen-bond acceptors (Lipinski definition) is 2. The molecule has 0 amide bonds. The molecule has 1 heterocycles. The number of nitrogens with zero attached hydrogens (tertiary/aromatic N) is 1. The van der Waals surface area contributed by atoms with E-state index < -0.39 is 0 Å². The molecule has 0 radical (unpaired) electrons. The van der Waals surface area contributed by atoms with Crippen LogP contribution < -0.4 is 10.1 Å². The van der Waals surface area contributed by atoms with E-state index in [2.05, 4.69) is 34.6 Å². The molecule has 1 atom stereocenters. The zero-order valence-corrected chi connectivity index (χ0v) is 12.6. The molecule has 21 heavy (non-hydrogen) atoms. The Kier molecular flexibility index (Phi) is 3.97. The number of ether oxygens (including phenoxy) is 1. The fourth-order valence-corrected chi connectivity index (χ4v) is 2.70. The monoisotopic (exact) mass is 296 g/mol. The third-order valence-corrected chi connectivity index (χ3v) is 3.77. The topological polar surface area (TPSA) is 33.6 Å². The predicted octanol–water partition coefficient (Wildman–Crippen LogP) is 3.50. The van der Waals surface area contributed by atoms with Crippen molar-refractivity contribution in [3.05, 3.63) is 65.7 Å².